The molecule has 1 amide bonds. The van der Waals surface area contributed by atoms with Gasteiger partial charge in [0, 0.05) is 17.0 Å². The molecule has 1 aromatic carbocycles. The Bertz CT molecular complexity index is 750. The number of piperidine rings is 1. The Labute approximate surface area is 144 Å². The molecule has 0 spiro atoms. The molecular weight excluding hydrogens is 324 g/mol. The van der Waals surface area contributed by atoms with E-state index in [1.54, 1.807) is 24.3 Å². The highest BCUT2D eigenvalue weighted by molar-refractivity contribution is 5.96. The predicted molar refractivity (Wildman–Crippen MR) is 89.1 cm³/mol. The summed E-state index contributed by atoms with van der Waals surface area (Å²) >= 11 is 0. The van der Waals surface area contributed by atoms with Gasteiger partial charge in [0.2, 0.25) is 11.7 Å². The number of carboxylic acids is 1. The molecule has 1 fully saturated rings. The maximum absolute atomic E-state index is 12.0. The summed E-state index contributed by atoms with van der Waals surface area (Å²) in [7, 11) is 0. The number of aromatic nitrogens is 2. The highest BCUT2D eigenvalue weighted by Gasteiger charge is 2.22. The van der Waals surface area contributed by atoms with Crippen LogP contribution in [0.2, 0.25) is 0 Å². The van der Waals surface area contributed by atoms with Crippen LogP contribution in [0.5, 0.6) is 0 Å². The summed E-state index contributed by atoms with van der Waals surface area (Å²) in [5.41, 5.74) is 1.12. The number of carbonyl (C=O) groups excluding carboxylic acids is 1. The number of hydrogen-bond donors (Lipinski definition) is 3. The first-order valence-corrected chi connectivity index (χ1v) is 8.23. The molecule has 1 aliphatic heterocycles. The Balaban J connectivity index is 1.69. The number of nitrogens with one attached hydrogen (secondary N) is 2. The average Bonchev–Trinajstić information content (AvgIpc) is 3.12. The maximum atomic E-state index is 12.0. The molecule has 8 heteroatoms. The van der Waals surface area contributed by atoms with Gasteiger partial charge in [0.05, 0.1) is 0 Å². The van der Waals surface area contributed by atoms with Crippen molar-refractivity contribution in [2.75, 3.05) is 13.1 Å². The Morgan fingerprint density at radius 2 is 1.96 bits per heavy atom. The van der Waals surface area contributed by atoms with Gasteiger partial charge in [-0.05, 0) is 45.0 Å². The van der Waals surface area contributed by atoms with E-state index in [0.29, 0.717) is 17.3 Å². The summed E-state index contributed by atoms with van der Waals surface area (Å²) < 4.78 is 5.38. The summed E-state index contributed by atoms with van der Waals surface area (Å²) in [6, 6.07) is 5.71. The van der Waals surface area contributed by atoms with E-state index in [0.717, 1.165) is 31.5 Å². The van der Waals surface area contributed by atoms with E-state index in [1.165, 1.54) is 6.92 Å². The predicted octanol–water partition coefficient (Wildman–Crippen LogP) is 1.41. The molecule has 2 aromatic rings. The fraction of sp³-hybridized carbons (Fsp3) is 0.412. The normalized spacial score (nSPS) is 16.4. The molecule has 1 unspecified atom stereocenters. The number of rotatable bonds is 5. The van der Waals surface area contributed by atoms with Gasteiger partial charge in [0.15, 0.2) is 0 Å². The van der Waals surface area contributed by atoms with Gasteiger partial charge in [0.25, 0.3) is 5.91 Å². The van der Waals surface area contributed by atoms with Crippen molar-refractivity contribution in [3.63, 3.8) is 0 Å². The quantitative estimate of drug-likeness (QED) is 0.750. The lowest BCUT2D eigenvalue weighted by atomic mass is 9.98. The summed E-state index contributed by atoms with van der Waals surface area (Å²) in [5, 5.41) is 18.6. The largest absolute Gasteiger partial charge is 0.480 e. The third kappa shape index (κ3) is 4.03. The second kappa shape index (κ2) is 7.43. The molecule has 3 N–H and O–H groups in total. The van der Waals surface area contributed by atoms with Gasteiger partial charge in [-0.25, -0.2) is 0 Å². The van der Waals surface area contributed by atoms with Crippen molar-refractivity contribution >= 4 is 11.9 Å². The molecule has 1 atom stereocenters. The van der Waals surface area contributed by atoms with Gasteiger partial charge in [0.1, 0.15) is 6.04 Å². The molecule has 1 saturated heterocycles. The first-order chi connectivity index (χ1) is 12.0. The Hall–Kier alpha value is -2.74. The van der Waals surface area contributed by atoms with Crippen LogP contribution in [0.25, 0.3) is 11.4 Å². The van der Waals surface area contributed by atoms with E-state index in [1.807, 2.05) is 0 Å². The van der Waals surface area contributed by atoms with Crippen molar-refractivity contribution in [2.24, 2.45) is 0 Å². The van der Waals surface area contributed by atoms with Gasteiger partial charge < -0.3 is 20.3 Å². The summed E-state index contributed by atoms with van der Waals surface area (Å²) in [4.78, 5) is 27.2. The van der Waals surface area contributed by atoms with Gasteiger partial charge in [-0.2, -0.15) is 4.98 Å². The molecular formula is C17H20N4O4. The van der Waals surface area contributed by atoms with Crippen LogP contribution in [0, 0.1) is 0 Å². The fourth-order valence-electron chi connectivity index (χ4n) is 2.70. The van der Waals surface area contributed by atoms with E-state index in [-0.39, 0.29) is 5.92 Å². The van der Waals surface area contributed by atoms with E-state index in [9.17, 15) is 9.59 Å². The van der Waals surface area contributed by atoms with Crippen LogP contribution in [-0.4, -0.2) is 46.3 Å². The first kappa shape index (κ1) is 17.1. The smallest absolute Gasteiger partial charge is 0.325 e. The minimum absolute atomic E-state index is 0.282. The number of amides is 1. The van der Waals surface area contributed by atoms with Gasteiger partial charge >= 0.3 is 5.97 Å². The Morgan fingerprint density at radius 3 is 2.60 bits per heavy atom. The van der Waals surface area contributed by atoms with Crippen molar-refractivity contribution < 1.29 is 19.2 Å². The lowest BCUT2D eigenvalue weighted by Gasteiger charge is -2.18. The highest BCUT2D eigenvalue weighted by Crippen LogP contribution is 2.26. The molecule has 132 valence electrons. The zero-order valence-electron chi connectivity index (χ0n) is 13.9. The van der Waals surface area contributed by atoms with Crippen LogP contribution in [0.15, 0.2) is 28.8 Å². The molecule has 0 aliphatic carbocycles. The summed E-state index contributed by atoms with van der Waals surface area (Å²) in [6.45, 7) is 3.30. The zero-order valence-corrected chi connectivity index (χ0v) is 13.9. The van der Waals surface area contributed by atoms with E-state index < -0.39 is 17.9 Å². The van der Waals surface area contributed by atoms with Gasteiger partial charge in [-0.1, -0.05) is 17.3 Å². The Morgan fingerprint density at radius 1 is 1.28 bits per heavy atom. The van der Waals surface area contributed by atoms with Crippen LogP contribution < -0.4 is 10.6 Å². The van der Waals surface area contributed by atoms with Crippen LogP contribution in [0.4, 0.5) is 0 Å². The second-order valence-corrected chi connectivity index (χ2v) is 6.09. The second-order valence-electron chi connectivity index (χ2n) is 6.09. The molecule has 1 aliphatic rings. The minimum Gasteiger partial charge on any atom is -0.480 e. The number of carboxylic acid groups (broad SMARTS) is 1. The molecule has 1 aromatic heterocycles. The lowest BCUT2D eigenvalue weighted by Crippen LogP contribution is -2.38. The van der Waals surface area contributed by atoms with Gasteiger partial charge in [-0.3, -0.25) is 9.59 Å². The van der Waals surface area contributed by atoms with Crippen molar-refractivity contribution in [2.45, 2.75) is 31.7 Å². The van der Waals surface area contributed by atoms with Crippen LogP contribution in [-0.2, 0) is 4.79 Å². The number of aliphatic carboxylic acids is 1. The molecule has 25 heavy (non-hydrogen) atoms. The molecule has 0 radical (unpaired) electrons. The summed E-state index contributed by atoms with van der Waals surface area (Å²) in [6.07, 6.45) is 1.95. The molecule has 0 bridgehead atoms. The third-order valence-electron chi connectivity index (χ3n) is 4.25. The van der Waals surface area contributed by atoms with E-state index in [2.05, 4.69) is 20.8 Å². The minimum atomic E-state index is -1.08. The summed E-state index contributed by atoms with van der Waals surface area (Å²) in [5.74, 6) is -0.106. The lowest BCUT2D eigenvalue weighted by molar-refractivity contribution is -0.138. The van der Waals surface area contributed by atoms with E-state index >= 15 is 0 Å². The SMILES string of the molecule is CC(NC(=O)c1ccc(-c2noc(C3CCNCC3)n2)cc1)C(=O)O. The monoisotopic (exact) mass is 344 g/mol. The highest BCUT2D eigenvalue weighted by atomic mass is 16.5. The molecule has 3 rings (SSSR count). The van der Waals surface area contributed by atoms with E-state index in [4.69, 9.17) is 9.63 Å². The van der Waals surface area contributed by atoms with Crippen molar-refractivity contribution in [3.05, 3.63) is 35.7 Å². The maximum Gasteiger partial charge on any atom is 0.325 e. The molecule has 0 saturated carbocycles. The zero-order chi connectivity index (χ0) is 17.8. The Kier molecular flexibility index (Phi) is 5.08. The van der Waals surface area contributed by atoms with Crippen LogP contribution >= 0.6 is 0 Å². The number of hydrogen-bond acceptors (Lipinski definition) is 6. The average molecular weight is 344 g/mol. The van der Waals surface area contributed by atoms with Crippen molar-refractivity contribution in [1.82, 2.24) is 20.8 Å². The molecule has 8 nitrogen and oxygen atoms in total. The fourth-order valence-corrected chi connectivity index (χ4v) is 2.70. The first-order valence-electron chi connectivity index (χ1n) is 8.23. The standard InChI is InChI=1S/C17H20N4O4/c1-10(17(23)24)19-15(22)12-4-2-11(3-5-12)14-20-16(25-21-14)13-6-8-18-9-7-13/h2-5,10,13,18H,6-9H2,1H3,(H,19,22)(H,23,24). The number of nitrogens with zero attached hydrogens (tertiary/aromatic N) is 2. The number of carbonyl (C=O) groups is 2. The van der Waals surface area contributed by atoms with Crippen molar-refractivity contribution in [1.29, 1.82) is 0 Å². The number of benzene rings is 1. The van der Waals surface area contributed by atoms with Gasteiger partial charge in [-0.15, -0.1) is 0 Å². The topological polar surface area (TPSA) is 117 Å². The third-order valence-corrected chi connectivity index (χ3v) is 4.25. The molecule has 2 heterocycles. The van der Waals surface area contributed by atoms with Crippen LogP contribution in [0.3, 0.4) is 0 Å². The van der Waals surface area contributed by atoms with Crippen molar-refractivity contribution in [3.8, 4) is 11.4 Å². The van der Waals surface area contributed by atoms with Crippen LogP contribution in [0.1, 0.15) is 41.9 Å².